The highest BCUT2D eigenvalue weighted by Crippen LogP contribution is 2.39. The number of hydrogen-bond donors (Lipinski definition) is 2. The van der Waals surface area contributed by atoms with Crippen LogP contribution in [0.25, 0.3) is 11.3 Å². The monoisotopic (exact) mass is 433 g/mol. The molecule has 0 saturated heterocycles. The number of ether oxygens (including phenoxy) is 1. The number of benzene rings is 1. The number of imidazole rings is 1. The van der Waals surface area contributed by atoms with Crippen LogP contribution in [0, 0.1) is 5.92 Å². The SMILES string of the molecule is CC1CCCC(NC(=O)OC(C)(C)C)(c2ncc(-c3cccc(Br)c3)[nH]2)C1. The highest BCUT2D eigenvalue weighted by Gasteiger charge is 2.41. The summed E-state index contributed by atoms with van der Waals surface area (Å²) in [5.41, 5.74) is 0.940. The highest BCUT2D eigenvalue weighted by molar-refractivity contribution is 9.10. The normalized spacial score (nSPS) is 23.1. The molecule has 0 spiro atoms. The van der Waals surface area contributed by atoms with Crippen molar-refractivity contribution in [2.75, 3.05) is 0 Å². The molecule has 1 aliphatic rings. The summed E-state index contributed by atoms with van der Waals surface area (Å²) in [4.78, 5) is 20.7. The molecule has 5 nitrogen and oxygen atoms in total. The lowest BCUT2D eigenvalue weighted by molar-refractivity contribution is 0.0390. The van der Waals surface area contributed by atoms with Gasteiger partial charge in [-0.3, -0.25) is 0 Å². The van der Waals surface area contributed by atoms with Gasteiger partial charge in [0.05, 0.1) is 11.9 Å². The minimum absolute atomic E-state index is 0.392. The molecule has 1 aliphatic carbocycles. The topological polar surface area (TPSA) is 67.0 Å². The van der Waals surface area contributed by atoms with Crippen LogP contribution in [0.5, 0.6) is 0 Å². The minimum Gasteiger partial charge on any atom is -0.444 e. The van der Waals surface area contributed by atoms with Crippen molar-refractivity contribution in [3.8, 4) is 11.3 Å². The van der Waals surface area contributed by atoms with Gasteiger partial charge in [0.1, 0.15) is 17.0 Å². The third-order valence-electron chi connectivity index (χ3n) is 4.90. The fraction of sp³-hybridized carbons (Fsp3) is 0.524. The van der Waals surface area contributed by atoms with Gasteiger partial charge in [-0.1, -0.05) is 47.8 Å². The summed E-state index contributed by atoms with van der Waals surface area (Å²) in [6.45, 7) is 7.85. The first kappa shape index (κ1) is 19.9. The first-order valence-electron chi connectivity index (χ1n) is 9.49. The van der Waals surface area contributed by atoms with E-state index in [0.717, 1.165) is 47.2 Å². The molecule has 1 fully saturated rings. The first-order chi connectivity index (χ1) is 12.7. The Kier molecular flexibility index (Phi) is 5.65. The van der Waals surface area contributed by atoms with Crippen LogP contribution < -0.4 is 5.32 Å². The Morgan fingerprint density at radius 1 is 1.41 bits per heavy atom. The van der Waals surface area contributed by atoms with Crippen molar-refractivity contribution < 1.29 is 9.53 Å². The highest BCUT2D eigenvalue weighted by atomic mass is 79.9. The van der Waals surface area contributed by atoms with E-state index in [-0.39, 0.29) is 0 Å². The summed E-state index contributed by atoms with van der Waals surface area (Å²) in [6.07, 6.45) is 5.35. The van der Waals surface area contributed by atoms with Gasteiger partial charge in [0.25, 0.3) is 0 Å². The summed E-state index contributed by atoms with van der Waals surface area (Å²) in [7, 11) is 0. The molecule has 0 aliphatic heterocycles. The van der Waals surface area contributed by atoms with Crippen molar-refractivity contribution in [1.82, 2.24) is 15.3 Å². The van der Waals surface area contributed by atoms with Gasteiger partial charge < -0.3 is 15.0 Å². The number of carbonyl (C=O) groups is 1. The van der Waals surface area contributed by atoms with Crippen LogP contribution in [-0.4, -0.2) is 21.7 Å². The second-order valence-electron chi connectivity index (χ2n) is 8.57. The maximum Gasteiger partial charge on any atom is 0.408 e. The lowest BCUT2D eigenvalue weighted by Gasteiger charge is -2.39. The third kappa shape index (κ3) is 4.92. The number of H-pyrrole nitrogens is 1. The number of rotatable bonds is 3. The summed E-state index contributed by atoms with van der Waals surface area (Å²) < 4.78 is 6.55. The van der Waals surface area contributed by atoms with E-state index in [1.54, 1.807) is 0 Å². The van der Waals surface area contributed by atoms with Crippen LogP contribution in [0.2, 0.25) is 0 Å². The molecular weight excluding hydrogens is 406 g/mol. The van der Waals surface area contributed by atoms with E-state index in [0.29, 0.717) is 5.92 Å². The summed E-state index contributed by atoms with van der Waals surface area (Å²) in [6, 6.07) is 8.08. The maximum atomic E-state index is 12.6. The van der Waals surface area contributed by atoms with E-state index < -0.39 is 17.2 Å². The Morgan fingerprint density at radius 2 is 2.19 bits per heavy atom. The third-order valence-corrected chi connectivity index (χ3v) is 5.40. The van der Waals surface area contributed by atoms with Gasteiger partial charge in [0, 0.05) is 10.0 Å². The average Bonchev–Trinajstić information content (AvgIpc) is 3.03. The van der Waals surface area contributed by atoms with Crippen LogP contribution in [0.1, 0.15) is 59.2 Å². The number of nitrogens with zero attached hydrogens (tertiary/aromatic N) is 1. The number of halogens is 1. The summed E-state index contributed by atoms with van der Waals surface area (Å²) in [5.74, 6) is 1.31. The number of carbonyl (C=O) groups excluding carboxylic acids is 1. The lowest BCUT2D eigenvalue weighted by Crippen LogP contribution is -2.50. The summed E-state index contributed by atoms with van der Waals surface area (Å²) in [5, 5.41) is 3.15. The van der Waals surface area contributed by atoms with Crippen molar-refractivity contribution in [3.05, 3.63) is 40.8 Å². The number of nitrogens with one attached hydrogen (secondary N) is 2. The quantitative estimate of drug-likeness (QED) is 0.645. The van der Waals surface area contributed by atoms with Gasteiger partial charge in [0.2, 0.25) is 0 Å². The minimum atomic E-state index is -0.532. The Morgan fingerprint density at radius 3 is 2.85 bits per heavy atom. The zero-order valence-corrected chi connectivity index (χ0v) is 18.0. The fourth-order valence-corrected chi connectivity index (χ4v) is 4.20. The van der Waals surface area contributed by atoms with Gasteiger partial charge in [-0.25, -0.2) is 9.78 Å². The van der Waals surface area contributed by atoms with Crippen molar-refractivity contribution in [3.63, 3.8) is 0 Å². The van der Waals surface area contributed by atoms with E-state index in [1.807, 2.05) is 45.2 Å². The number of aromatic amines is 1. The second kappa shape index (κ2) is 7.66. The molecule has 1 heterocycles. The van der Waals surface area contributed by atoms with E-state index in [9.17, 15) is 4.79 Å². The Balaban J connectivity index is 1.91. The molecule has 2 N–H and O–H groups in total. The van der Waals surface area contributed by atoms with Crippen LogP contribution in [0.4, 0.5) is 4.79 Å². The molecule has 6 heteroatoms. The molecule has 3 rings (SSSR count). The second-order valence-corrected chi connectivity index (χ2v) is 9.48. The van der Waals surface area contributed by atoms with E-state index in [4.69, 9.17) is 4.74 Å². The Bertz CT molecular complexity index is 812. The molecule has 1 amide bonds. The molecule has 146 valence electrons. The van der Waals surface area contributed by atoms with E-state index in [1.165, 1.54) is 0 Å². The number of alkyl carbamates (subject to hydrolysis) is 1. The Hall–Kier alpha value is -1.82. The van der Waals surface area contributed by atoms with Gasteiger partial charge in [-0.05, 0) is 51.7 Å². The molecule has 2 unspecified atom stereocenters. The number of aromatic nitrogens is 2. The fourth-order valence-electron chi connectivity index (χ4n) is 3.81. The standard InChI is InChI=1S/C21H28BrN3O2/c1-14-7-6-10-21(12-14,25-19(26)27-20(2,3)4)18-23-13-17(24-18)15-8-5-9-16(22)11-15/h5,8-9,11,13-14H,6-7,10,12H2,1-4H3,(H,23,24)(H,25,26). The molecule has 1 saturated carbocycles. The van der Waals surface area contributed by atoms with Crippen molar-refractivity contribution in [2.45, 2.75) is 64.5 Å². The van der Waals surface area contributed by atoms with Crippen molar-refractivity contribution in [2.24, 2.45) is 5.92 Å². The predicted molar refractivity (Wildman–Crippen MR) is 110 cm³/mol. The average molecular weight is 434 g/mol. The number of amides is 1. The molecule has 2 atom stereocenters. The molecule has 1 aromatic heterocycles. The maximum absolute atomic E-state index is 12.6. The van der Waals surface area contributed by atoms with Crippen LogP contribution in [0.3, 0.4) is 0 Å². The molecule has 27 heavy (non-hydrogen) atoms. The number of hydrogen-bond acceptors (Lipinski definition) is 3. The van der Waals surface area contributed by atoms with Crippen molar-refractivity contribution in [1.29, 1.82) is 0 Å². The Labute approximate surface area is 169 Å². The smallest absolute Gasteiger partial charge is 0.408 e. The van der Waals surface area contributed by atoms with Crippen molar-refractivity contribution >= 4 is 22.0 Å². The predicted octanol–water partition coefficient (Wildman–Crippen LogP) is 5.77. The van der Waals surface area contributed by atoms with Gasteiger partial charge >= 0.3 is 6.09 Å². The molecule has 0 radical (unpaired) electrons. The molecule has 0 bridgehead atoms. The van der Waals surface area contributed by atoms with Gasteiger partial charge in [0.15, 0.2) is 0 Å². The van der Waals surface area contributed by atoms with E-state index >= 15 is 0 Å². The van der Waals surface area contributed by atoms with Gasteiger partial charge in [-0.2, -0.15) is 0 Å². The van der Waals surface area contributed by atoms with Crippen LogP contribution in [0.15, 0.2) is 34.9 Å². The largest absolute Gasteiger partial charge is 0.444 e. The van der Waals surface area contributed by atoms with Gasteiger partial charge in [-0.15, -0.1) is 0 Å². The zero-order chi connectivity index (χ0) is 19.7. The van der Waals surface area contributed by atoms with Crippen LogP contribution in [-0.2, 0) is 10.3 Å². The van der Waals surface area contributed by atoms with Crippen LogP contribution >= 0.6 is 15.9 Å². The molecule has 1 aromatic carbocycles. The molecule has 2 aromatic rings. The summed E-state index contributed by atoms with van der Waals surface area (Å²) >= 11 is 3.51. The first-order valence-corrected chi connectivity index (χ1v) is 10.3. The lowest BCUT2D eigenvalue weighted by atomic mass is 9.76. The van der Waals surface area contributed by atoms with E-state index in [2.05, 4.69) is 44.2 Å². The molecular formula is C21H28BrN3O2. The zero-order valence-electron chi connectivity index (χ0n) is 16.4.